The van der Waals surface area contributed by atoms with Crippen molar-refractivity contribution in [1.82, 2.24) is 0 Å². The van der Waals surface area contributed by atoms with Gasteiger partial charge in [-0.1, -0.05) is 13.8 Å². The fourth-order valence-corrected chi connectivity index (χ4v) is 1.30. The van der Waals surface area contributed by atoms with Gasteiger partial charge in [0.1, 0.15) is 5.60 Å². The lowest BCUT2D eigenvalue weighted by Gasteiger charge is -2.32. The molecule has 1 atom stereocenters. The van der Waals surface area contributed by atoms with Crippen LogP contribution in [-0.2, 0) is 9.53 Å². The summed E-state index contributed by atoms with van der Waals surface area (Å²) in [4.78, 5) is 11.2. The fraction of sp³-hybridized carbons (Fsp3) is 0.778. The lowest BCUT2D eigenvalue weighted by molar-refractivity contribution is -0.148. The first-order valence-corrected chi connectivity index (χ1v) is 3.95. The van der Waals surface area contributed by atoms with Crippen LogP contribution in [0.1, 0.15) is 27.7 Å². The Labute approximate surface area is 72.3 Å². The molecule has 1 unspecified atom stereocenters. The van der Waals surface area contributed by atoms with Crippen molar-refractivity contribution in [1.29, 1.82) is 5.26 Å². The molecule has 1 rings (SSSR count). The second kappa shape index (κ2) is 2.22. The molecule has 0 aromatic carbocycles. The van der Waals surface area contributed by atoms with E-state index in [2.05, 4.69) is 0 Å². The highest BCUT2D eigenvalue weighted by atomic mass is 16.6. The van der Waals surface area contributed by atoms with E-state index in [1.54, 1.807) is 0 Å². The summed E-state index contributed by atoms with van der Waals surface area (Å²) in [6.07, 6.45) is 0. The maximum atomic E-state index is 11.2. The Balaban J connectivity index is 3.11. The smallest absolute Gasteiger partial charge is 0.324 e. The second-order valence-corrected chi connectivity index (χ2v) is 4.22. The Morgan fingerprint density at radius 2 is 1.92 bits per heavy atom. The van der Waals surface area contributed by atoms with E-state index in [0.717, 1.165) is 0 Å². The van der Waals surface area contributed by atoms with Gasteiger partial charge < -0.3 is 4.74 Å². The number of ether oxygens (including phenoxy) is 1. The van der Waals surface area contributed by atoms with Gasteiger partial charge in [-0.3, -0.25) is 4.79 Å². The SMILES string of the molecule is CC1(C)OC(=O)C(C#N)C1(C)C. The standard InChI is InChI=1S/C9H13NO2/c1-8(2)6(5-10)7(11)12-9(8,3)4/h6H,1-4H3. The number of esters is 1. The van der Waals surface area contributed by atoms with Crippen LogP contribution < -0.4 is 0 Å². The molecule has 1 fully saturated rings. The van der Waals surface area contributed by atoms with Gasteiger partial charge in [-0.05, 0) is 13.8 Å². The van der Waals surface area contributed by atoms with Crippen LogP contribution in [0.2, 0.25) is 0 Å². The van der Waals surface area contributed by atoms with Crippen LogP contribution >= 0.6 is 0 Å². The van der Waals surface area contributed by atoms with Gasteiger partial charge >= 0.3 is 5.97 Å². The molecule has 0 aromatic heterocycles. The molecule has 1 aliphatic rings. The molecule has 0 spiro atoms. The largest absolute Gasteiger partial charge is 0.458 e. The summed E-state index contributed by atoms with van der Waals surface area (Å²) < 4.78 is 5.11. The normalized spacial score (nSPS) is 30.9. The monoisotopic (exact) mass is 167 g/mol. The molecule has 0 N–H and O–H groups in total. The molecule has 0 aliphatic carbocycles. The molecular formula is C9H13NO2. The van der Waals surface area contributed by atoms with Crippen molar-refractivity contribution < 1.29 is 9.53 Å². The maximum absolute atomic E-state index is 11.2. The van der Waals surface area contributed by atoms with E-state index in [9.17, 15) is 4.79 Å². The number of carbonyl (C=O) groups is 1. The molecule has 1 aliphatic heterocycles. The summed E-state index contributed by atoms with van der Waals surface area (Å²) in [6, 6.07) is 1.99. The zero-order chi connectivity index (χ0) is 9.57. The number of carbonyl (C=O) groups excluding carboxylic acids is 1. The molecule has 0 radical (unpaired) electrons. The van der Waals surface area contributed by atoms with Gasteiger partial charge in [0.25, 0.3) is 0 Å². The number of nitrogens with zero attached hydrogens (tertiary/aromatic N) is 1. The first kappa shape index (κ1) is 9.05. The minimum atomic E-state index is -0.632. The number of hydrogen-bond acceptors (Lipinski definition) is 3. The number of nitriles is 1. The van der Waals surface area contributed by atoms with Gasteiger partial charge in [-0.15, -0.1) is 0 Å². The highest BCUT2D eigenvalue weighted by molar-refractivity contribution is 5.79. The third-order valence-electron chi connectivity index (χ3n) is 2.99. The fourth-order valence-electron chi connectivity index (χ4n) is 1.30. The highest BCUT2D eigenvalue weighted by Gasteiger charge is 2.56. The van der Waals surface area contributed by atoms with Gasteiger partial charge in [0.05, 0.1) is 6.07 Å². The van der Waals surface area contributed by atoms with Crippen molar-refractivity contribution in [2.75, 3.05) is 0 Å². The lowest BCUT2D eigenvalue weighted by Crippen LogP contribution is -2.37. The molecule has 3 heteroatoms. The van der Waals surface area contributed by atoms with Crippen LogP contribution in [0.4, 0.5) is 0 Å². The van der Waals surface area contributed by atoms with Crippen LogP contribution in [0, 0.1) is 22.7 Å². The Morgan fingerprint density at radius 3 is 2.08 bits per heavy atom. The van der Waals surface area contributed by atoms with Gasteiger partial charge in [0.2, 0.25) is 0 Å². The first-order valence-electron chi connectivity index (χ1n) is 3.95. The van der Waals surface area contributed by atoms with Crippen molar-refractivity contribution >= 4 is 5.97 Å². The summed E-state index contributed by atoms with van der Waals surface area (Å²) in [5.41, 5.74) is -0.941. The molecule has 0 bridgehead atoms. The molecule has 1 saturated heterocycles. The van der Waals surface area contributed by atoms with Gasteiger partial charge in [0, 0.05) is 5.41 Å². The molecule has 0 saturated carbocycles. The van der Waals surface area contributed by atoms with E-state index in [1.165, 1.54) is 0 Å². The number of cyclic esters (lactones) is 1. The molecule has 0 aromatic rings. The topological polar surface area (TPSA) is 50.1 Å². The van der Waals surface area contributed by atoms with Gasteiger partial charge in [-0.25, -0.2) is 0 Å². The average Bonchev–Trinajstić information content (AvgIpc) is 1.99. The Morgan fingerprint density at radius 1 is 1.42 bits per heavy atom. The molecule has 3 nitrogen and oxygen atoms in total. The minimum absolute atomic E-state index is 0.396. The van der Waals surface area contributed by atoms with Crippen LogP contribution in [0.5, 0.6) is 0 Å². The zero-order valence-corrected chi connectivity index (χ0v) is 7.84. The maximum Gasteiger partial charge on any atom is 0.324 e. The molecule has 12 heavy (non-hydrogen) atoms. The van der Waals surface area contributed by atoms with Crippen LogP contribution in [0.25, 0.3) is 0 Å². The van der Waals surface area contributed by atoms with Crippen molar-refractivity contribution in [2.24, 2.45) is 11.3 Å². The molecule has 0 amide bonds. The Hall–Kier alpha value is -1.04. The second-order valence-electron chi connectivity index (χ2n) is 4.22. The van der Waals surface area contributed by atoms with E-state index in [-0.39, 0.29) is 0 Å². The summed E-state index contributed by atoms with van der Waals surface area (Å²) in [5, 5.41) is 8.75. The van der Waals surface area contributed by atoms with Crippen molar-refractivity contribution in [3.05, 3.63) is 0 Å². The quantitative estimate of drug-likeness (QED) is 0.513. The van der Waals surface area contributed by atoms with E-state index in [0.29, 0.717) is 0 Å². The van der Waals surface area contributed by atoms with Crippen molar-refractivity contribution in [3.8, 4) is 6.07 Å². The van der Waals surface area contributed by atoms with Crippen LogP contribution in [-0.4, -0.2) is 11.6 Å². The minimum Gasteiger partial charge on any atom is -0.458 e. The molecule has 1 heterocycles. The lowest BCUT2D eigenvalue weighted by atomic mass is 9.71. The summed E-state index contributed by atoms with van der Waals surface area (Å²) in [5.74, 6) is -1.03. The van der Waals surface area contributed by atoms with Crippen LogP contribution in [0.15, 0.2) is 0 Å². The molecular weight excluding hydrogens is 154 g/mol. The van der Waals surface area contributed by atoms with Gasteiger partial charge in [-0.2, -0.15) is 5.26 Å². The zero-order valence-electron chi connectivity index (χ0n) is 7.84. The van der Waals surface area contributed by atoms with Crippen molar-refractivity contribution in [2.45, 2.75) is 33.3 Å². The van der Waals surface area contributed by atoms with E-state index in [4.69, 9.17) is 10.00 Å². The molecule has 66 valence electrons. The summed E-state index contributed by atoms with van der Waals surface area (Å²) in [7, 11) is 0. The Kier molecular flexibility index (Phi) is 1.68. The number of hydrogen-bond donors (Lipinski definition) is 0. The first-order chi connectivity index (χ1) is 5.33. The third-order valence-corrected chi connectivity index (χ3v) is 2.99. The predicted molar refractivity (Wildman–Crippen MR) is 43.1 cm³/mol. The van der Waals surface area contributed by atoms with Crippen LogP contribution in [0.3, 0.4) is 0 Å². The highest BCUT2D eigenvalue weighted by Crippen LogP contribution is 2.46. The Bertz CT molecular complexity index is 260. The van der Waals surface area contributed by atoms with E-state index >= 15 is 0 Å². The van der Waals surface area contributed by atoms with E-state index in [1.807, 2.05) is 33.8 Å². The predicted octanol–water partition coefficient (Wildman–Crippen LogP) is 1.49. The summed E-state index contributed by atoms with van der Waals surface area (Å²) in [6.45, 7) is 7.43. The third kappa shape index (κ3) is 0.911. The van der Waals surface area contributed by atoms with E-state index < -0.39 is 22.9 Å². The number of rotatable bonds is 0. The summed E-state index contributed by atoms with van der Waals surface area (Å²) >= 11 is 0. The van der Waals surface area contributed by atoms with Crippen molar-refractivity contribution in [3.63, 3.8) is 0 Å². The average molecular weight is 167 g/mol. The van der Waals surface area contributed by atoms with Gasteiger partial charge in [0.15, 0.2) is 5.92 Å².